The molecule has 106 valence electrons. The normalized spacial score (nSPS) is 13.5. The number of rotatable bonds is 9. The van der Waals surface area contributed by atoms with Crippen LogP contribution in [0.4, 0.5) is 0 Å². The van der Waals surface area contributed by atoms with Crippen molar-refractivity contribution in [3.63, 3.8) is 0 Å². The standard InChI is InChI=1S/C16H23IOS/c1-2-3-4-5-9-12-16(18)15(17)13-19-14-10-7-6-8-11-14/h6-8,10-11,13,16,18H,2-5,9,12H2,1H3/b15-13+. The number of unbranched alkanes of at least 4 members (excludes halogenated alkanes) is 4. The van der Waals surface area contributed by atoms with Crippen LogP contribution in [0, 0.1) is 0 Å². The first-order chi connectivity index (χ1) is 9.24. The first kappa shape index (κ1) is 17.1. The van der Waals surface area contributed by atoms with Gasteiger partial charge in [0.1, 0.15) is 0 Å². The van der Waals surface area contributed by atoms with Crippen molar-refractivity contribution in [1.82, 2.24) is 0 Å². The Morgan fingerprint density at radius 3 is 2.58 bits per heavy atom. The van der Waals surface area contributed by atoms with Gasteiger partial charge in [0, 0.05) is 8.48 Å². The van der Waals surface area contributed by atoms with Crippen LogP contribution in [0.15, 0.2) is 44.2 Å². The van der Waals surface area contributed by atoms with Gasteiger partial charge in [-0.2, -0.15) is 0 Å². The van der Waals surface area contributed by atoms with Crippen LogP contribution in [-0.2, 0) is 0 Å². The van der Waals surface area contributed by atoms with Crippen molar-refractivity contribution < 1.29 is 5.11 Å². The SMILES string of the molecule is CCCCCCCC(O)/C(I)=C\Sc1ccccc1. The number of halogens is 1. The van der Waals surface area contributed by atoms with Gasteiger partial charge in [-0.15, -0.1) is 0 Å². The summed E-state index contributed by atoms with van der Waals surface area (Å²) >= 11 is 3.93. The Bertz CT molecular complexity index is 364. The molecule has 0 bridgehead atoms. The van der Waals surface area contributed by atoms with E-state index in [4.69, 9.17) is 0 Å². The maximum atomic E-state index is 10.1. The Balaban J connectivity index is 2.25. The minimum Gasteiger partial charge on any atom is -0.388 e. The van der Waals surface area contributed by atoms with Crippen LogP contribution in [0.5, 0.6) is 0 Å². The quantitative estimate of drug-likeness (QED) is 0.328. The largest absolute Gasteiger partial charge is 0.388 e. The van der Waals surface area contributed by atoms with E-state index in [9.17, 15) is 5.11 Å². The van der Waals surface area contributed by atoms with Crippen LogP contribution in [0.1, 0.15) is 45.4 Å². The summed E-state index contributed by atoms with van der Waals surface area (Å²) in [5, 5.41) is 12.1. The highest BCUT2D eigenvalue weighted by molar-refractivity contribution is 14.1. The van der Waals surface area contributed by atoms with E-state index in [1.165, 1.54) is 30.6 Å². The highest BCUT2D eigenvalue weighted by Gasteiger charge is 2.07. The molecule has 1 aromatic carbocycles. The van der Waals surface area contributed by atoms with Gasteiger partial charge in [-0.1, -0.05) is 69.0 Å². The Hall–Kier alpha value is -0.000000000000000111. The van der Waals surface area contributed by atoms with Crippen LogP contribution in [0.2, 0.25) is 0 Å². The van der Waals surface area contributed by atoms with Crippen molar-refractivity contribution in [2.45, 2.75) is 56.4 Å². The third-order valence-electron chi connectivity index (χ3n) is 2.95. The van der Waals surface area contributed by atoms with Crippen molar-refractivity contribution in [3.05, 3.63) is 39.3 Å². The zero-order chi connectivity index (χ0) is 13.9. The maximum absolute atomic E-state index is 10.1. The fourth-order valence-electron chi connectivity index (χ4n) is 1.78. The summed E-state index contributed by atoms with van der Waals surface area (Å²) < 4.78 is 1.04. The van der Waals surface area contributed by atoms with Gasteiger partial charge < -0.3 is 5.11 Å². The van der Waals surface area contributed by atoms with E-state index < -0.39 is 0 Å². The second kappa shape index (κ2) is 10.7. The number of aliphatic hydroxyl groups is 1. The molecular weight excluding hydrogens is 367 g/mol. The van der Waals surface area contributed by atoms with Crippen molar-refractivity contribution in [3.8, 4) is 0 Å². The first-order valence-electron chi connectivity index (χ1n) is 6.99. The molecule has 19 heavy (non-hydrogen) atoms. The summed E-state index contributed by atoms with van der Waals surface area (Å²) in [5.74, 6) is 0. The molecule has 0 spiro atoms. The minimum absolute atomic E-state index is 0.293. The van der Waals surface area contributed by atoms with E-state index in [-0.39, 0.29) is 6.10 Å². The van der Waals surface area contributed by atoms with Gasteiger partial charge in [0.15, 0.2) is 0 Å². The molecular formula is C16H23IOS. The summed E-state index contributed by atoms with van der Waals surface area (Å²) in [4.78, 5) is 1.21. The molecule has 0 fully saturated rings. The van der Waals surface area contributed by atoms with E-state index in [1.54, 1.807) is 11.8 Å². The molecule has 0 saturated carbocycles. The summed E-state index contributed by atoms with van der Waals surface area (Å²) in [6.45, 7) is 2.22. The average Bonchev–Trinajstić information content (AvgIpc) is 2.45. The van der Waals surface area contributed by atoms with E-state index in [0.717, 1.165) is 16.4 Å². The van der Waals surface area contributed by atoms with Gasteiger partial charge in [0.2, 0.25) is 0 Å². The third kappa shape index (κ3) is 8.00. The Morgan fingerprint density at radius 1 is 1.21 bits per heavy atom. The second-order valence-electron chi connectivity index (χ2n) is 4.65. The van der Waals surface area contributed by atoms with E-state index in [1.807, 2.05) is 18.2 Å². The zero-order valence-electron chi connectivity index (χ0n) is 11.5. The molecule has 3 heteroatoms. The van der Waals surface area contributed by atoms with Crippen molar-refractivity contribution >= 4 is 34.4 Å². The van der Waals surface area contributed by atoms with Gasteiger partial charge >= 0.3 is 0 Å². The van der Waals surface area contributed by atoms with Crippen molar-refractivity contribution in [2.75, 3.05) is 0 Å². The lowest BCUT2D eigenvalue weighted by atomic mass is 10.1. The molecule has 0 aromatic heterocycles. The lowest BCUT2D eigenvalue weighted by molar-refractivity contribution is 0.206. The molecule has 0 aliphatic carbocycles. The summed E-state index contributed by atoms with van der Waals surface area (Å²) in [7, 11) is 0. The molecule has 1 rings (SSSR count). The molecule has 1 unspecified atom stereocenters. The van der Waals surface area contributed by atoms with Crippen LogP contribution >= 0.6 is 34.4 Å². The van der Waals surface area contributed by atoms with E-state index >= 15 is 0 Å². The highest BCUT2D eigenvalue weighted by Crippen LogP contribution is 2.26. The van der Waals surface area contributed by atoms with Gasteiger partial charge in [0.05, 0.1) is 6.10 Å². The number of hydrogen-bond donors (Lipinski definition) is 1. The first-order valence-corrected chi connectivity index (χ1v) is 8.95. The molecule has 1 atom stereocenters. The van der Waals surface area contributed by atoms with Gasteiger partial charge in [-0.3, -0.25) is 0 Å². The van der Waals surface area contributed by atoms with E-state index in [2.05, 4.69) is 47.1 Å². The van der Waals surface area contributed by atoms with Gasteiger partial charge in [0.25, 0.3) is 0 Å². The predicted molar refractivity (Wildman–Crippen MR) is 93.8 cm³/mol. The second-order valence-corrected chi connectivity index (χ2v) is 6.84. The number of thioether (sulfide) groups is 1. The zero-order valence-corrected chi connectivity index (χ0v) is 14.5. The van der Waals surface area contributed by atoms with E-state index in [0.29, 0.717) is 0 Å². The summed E-state index contributed by atoms with van der Waals surface area (Å²) in [6.07, 6.45) is 6.83. The molecule has 1 nitrogen and oxygen atoms in total. The smallest absolute Gasteiger partial charge is 0.0851 e. The van der Waals surface area contributed by atoms with Crippen LogP contribution < -0.4 is 0 Å². The number of aliphatic hydroxyl groups excluding tert-OH is 1. The summed E-state index contributed by atoms with van der Waals surface area (Å²) in [6, 6.07) is 10.3. The highest BCUT2D eigenvalue weighted by atomic mass is 127. The van der Waals surface area contributed by atoms with Crippen LogP contribution in [-0.4, -0.2) is 11.2 Å². The maximum Gasteiger partial charge on any atom is 0.0851 e. The van der Waals surface area contributed by atoms with Gasteiger partial charge in [-0.05, 0) is 46.6 Å². The topological polar surface area (TPSA) is 20.2 Å². The number of hydrogen-bond acceptors (Lipinski definition) is 2. The van der Waals surface area contributed by atoms with Crippen molar-refractivity contribution in [1.29, 1.82) is 0 Å². The third-order valence-corrected chi connectivity index (χ3v) is 5.32. The predicted octanol–water partition coefficient (Wildman–Crippen LogP) is 5.78. The monoisotopic (exact) mass is 390 g/mol. The molecule has 0 radical (unpaired) electrons. The fourth-order valence-corrected chi connectivity index (χ4v) is 3.19. The molecule has 0 amide bonds. The average molecular weight is 390 g/mol. The minimum atomic E-state index is -0.293. The number of benzene rings is 1. The Morgan fingerprint density at radius 2 is 1.89 bits per heavy atom. The van der Waals surface area contributed by atoms with Gasteiger partial charge in [-0.25, -0.2) is 0 Å². The molecule has 0 saturated heterocycles. The van der Waals surface area contributed by atoms with Crippen LogP contribution in [0.3, 0.4) is 0 Å². The molecule has 1 N–H and O–H groups in total. The molecule has 0 heterocycles. The lowest BCUT2D eigenvalue weighted by Gasteiger charge is -2.09. The molecule has 0 aliphatic rings. The Labute approximate surface area is 135 Å². The Kier molecular flexibility index (Phi) is 9.65. The summed E-state index contributed by atoms with van der Waals surface area (Å²) in [5.41, 5.74) is 0. The van der Waals surface area contributed by atoms with Crippen LogP contribution in [0.25, 0.3) is 0 Å². The lowest BCUT2D eigenvalue weighted by Crippen LogP contribution is -2.05. The molecule has 0 aliphatic heterocycles. The molecule has 1 aromatic rings. The van der Waals surface area contributed by atoms with Crippen molar-refractivity contribution in [2.24, 2.45) is 0 Å². The fraction of sp³-hybridized carbons (Fsp3) is 0.500.